The van der Waals surface area contributed by atoms with Crippen molar-refractivity contribution in [3.05, 3.63) is 30.1 Å². The van der Waals surface area contributed by atoms with Gasteiger partial charge in [-0.3, -0.25) is 4.98 Å². The molecule has 0 amide bonds. The minimum Gasteiger partial charge on any atom is -0.306 e. The number of rotatable bonds is 3. The van der Waals surface area contributed by atoms with Crippen LogP contribution in [0.25, 0.3) is 0 Å². The van der Waals surface area contributed by atoms with Crippen LogP contribution in [0.1, 0.15) is 18.7 Å². The van der Waals surface area contributed by atoms with Crippen molar-refractivity contribution in [3.63, 3.8) is 0 Å². The van der Waals surface area contributed by atoms with Gasteiger partial charge in [-0.15, -0.1) is 0 Å². The summed E-state index contributed by atoms with van der Waals surface area (Å²) >= 11 is 1.36. The zero-order valence-corrected chi connectivity index (χ0v) is 7.47. The van der Waals surface area contributed by atoms with E-state index in [2.05, 4.69) is 4.98 Å². The fraction of sp³-hybridized carbons (Fsp3) is 0.375. The highest BCUT2D eigenvalue weighted by Gasteiger charge is 2.04. The fourth-order valence-corrected chi connectivity index (χ4v) is 1.20. The highest BCUT2D eigenvalue weighted by atomic mass is 32.2. The number of hydrogen-bond donors (Lipinski definition) is 0. The molecule has 1 aromatic rings. The average molecular weight is 169 g/mol. The minimum absolute atomic E-state index is 0.0752. The Kier molecular flexibility index (Phi) is 3.39. The predicted octanol–water partition coefficient (Wildman–Crippen LogP) is 2.44. The summed E-state index contributed by atoms with van der Waals surface area (Å²) in [6, 6.07) is 5.82. The van der Waals surface area contributed by atoms with Gasteiger partial charge in [0.25, 0.3) is 0 Å². The standard InChI is InChI=1S/C8H11NOS/c1-7(10-11-2)8-5-3-4-6-9-8/h3-7H,1-2H3. The van der Waals surface area contributed by atoms with Gasteiger partial charge in [0.05, 0.1) is 5.69 Å². The maximum atomic E-state index is 5.28. The van der Waals surface area contributed by atoms with Crippen molar-refractivity contribution in [2.75, 3.05) is 6.26 Å². The number of hydrogen-bond acceptors (Lipinski definition) is 3. The summed E-state index contributed by atoms with van der Waals surface area (Å²) in [4.78, 5) is 4.16. The molecule has 60 valence electrons. The van der Waals surface area contributed by atoms with Crippen LogP contribution in [0, 0.1) is 0 Å². The fourth-order valence-electron chi connectivity index (χ4n) is 0.810. The van der Waals surface area contributed by atoms with E-state index in [0.29, 0.717) is 0 Å². The summed E-state index contributed by atoms with van der Waals surface area (Å²) in [7, 11) is 0. The van der Waals surface area contributed by atoms with E-state index in [-0.39, 0.29) is 6.10 Å². The SMILES string of the molecule is CSOC(C)c1ccccn1. The first-order valence-corrected chi connectivity index (χ1v) is 4.60. The topological polar surface area (TPSA) is 22.1 Å². The minimum atomic E-state index is 0.0752. The molecule has 11 heavy (non-hydrogen) atoms. The molecule has 1 rings (SSSR count). The van der Waals surface area contributed by atoms with Crippen LogP contribution >= 0.6 is 12.0 Å². The van der Waals surface area contributed by atoms with E-state index in [1.165, 1.54) is 12.0 Å². The van der Waals surface area contributed by atoms with E-state index < -0.39 is 0 Å². The molecule has 1 atom stereocenters. The van der Waals surface area contributed by atoms with Gasteiger partial charge in [0, 0.05) is 12.5 Å². The zero-order chi connectivity index (χ0) is 8.10. The van der Waals surface area contributed by atoms with Crippen LogP contribution in [0.5, 0.6) is 0 Å². The van der Waals surface area contributed by atoms with E-state index >= 15 is 0 Å². The lowest BCUT2D eigenvalue weighted by atomic mass is 10.2. The van der Waals surface area contributed by atoms with Crippen LogP contribution in [0.3, 0.4) is 0 Å². The van der Waals surface area contributed by atoms with E-state index in [1.807, 2.05) is 31.4 Å². The Morgan fingerprint density at radius 2 is 2.36 bits per heavy atom. The molecule has 0 bridgehead atoms. The van der Waals surface area contributed by atoms with Crippen molar-refractivity contribution < 1.29 is 4.18 Å². The maximum Gasteiger partial charge on any atom is 0.111 e. The molecule has 2 nitrogen and oxygen atoms in total. The van der Waals surface area contributed by atoms with Gasteiger partial charge in [0.1, 0.15) is 6.10 Å². The van der Waals surface area contributed by atoms with Gasteiger partial charge in [-0.2, -0.15) is 0 Å². The number of nitrogens with zero attached hydrogens (tertiary/aromatic N) is 1. The molecular formula is C8H11NOS. The molecule has 0 spiro atoms. The summed E-state index contributed by atoms with van der Waals surface area (Å²) in [6.45, 7) is 1.98. The molecule has 0 aliphatic rings. The van der Waals surface area contributed by atoms with Crippen molar-refractivity contribution in [1.82, 2.24) is 4.98 Å². The summed E-state index contributed by atoms with van der Waals surface area (Å²) in [5.74, 6) is 0. The second kappa shape index (κ2) is 4.36. The summed E-state index contributed by atoms with van der Waals surface area (Å²) in [5.41, 5.74) is 0.974. The van der Waals surface area contributed by atoms with Crippen molar-refractivity contribution >= 4 is 12.0 Å². The van der Waals surface area contributed by atoms with E-state index in [9.17, 15) is 0 Å². The van der Waals surface area contributed by atoms with E-state index in [0.717, 1.165) is 5.69 Å². The quantitative estimate of drug-likeness (QED) is 0.649. The first-order valence-electron chi connectivity index (χ1n) is 3.45. The summed E-state index contributed by atoms with van der Waals surface area (Å²) in [5, 5.41) is 0. The second-order valence-corrected chi connectivity index (χ2v) is 2.69. The van der Waals surface area contributed by atoms with Gasteiger partial charge in [0.2, 0.25) is 0 Å². The van der Waals surface area contributed by atoms with Crippen LogP contribution in [0.15, 0.2) is 24.4 Å². The molecule has 0 saturated carbocycles. The van der Waals surface area contributed by atoms with E-state index in [4.69, 9.17) is 4.18 Å². The van der Waals surface area contributed by atoms with E-state index in [1.54, 1.807) is 6.20 Å². The molecule has 1 unspecified atom stereocenters. The van der Waals surface area contributed by atoms with Crippen LogP contribution in [-0.2, 0) is 4.18 Å². The van der Waals surface area contributed by atoms with Gasteiger partial charge in [-0.1, -0.05) is 6.07 Å². The molecule has 3 heteroatoms. The maximum absolute atomic E-state index is 5.28. The Balaban J connectivity index is 2.61. The molecule has 0 aromatic carbocycles. The average Bonchev–Trinajstić information content (AvgIpc) is 2.07. The van der Waals surface area contributed by atoms with Crippen molar-refractivity contribution in [2.45, 2.75) is 13.0 Å². The third-order valence-corrected chi connectivity index (χ3v) is 1.83. The Bertz CT molecular complexity index is 203. The molecule has 0 aliphatic carbocycles. The van der Waals surface area contributed by atoms with Gasteiger partial charge in [-0.05, 0) is 31.1 Å². The lowest BCUT2D eigenvalue weighted by Crippen LogP contribution is -1.96. The monoisotopic (exact) mass is 169 g/mol. The largest absolute Gasteiger partial charge is 0.306 e. The predicted molar refractivity (Wildman–Crippen MR) is 47.3 cm³/mol. The Labute approximate surface area is 71.2 Å². The van der Waals surface area contributed by atoms with Crippen molar-refractivity contribution in [2.24, 2.45) is 0 Å². The molecule has 0 saturated heterocycles. The Morgan fingerprint density at radius 3 is 2.91 bits per heavy atom. The number of aromatic nitrogens is 1. The van der Waals surface area contributed by atoms with Gasteiger partial charge in [0.15, 0.2) is 0 Å². The van der Waals surface area contributed by atoms with Crippen molar-refractivity contribution in [1.29, 1.82) is 0 Å². The van der Waals surface area contributed by atoms with Crippen LogP contribution in [-0.4, -0.2) is 11.2 Å². The molecule has 1 aromatic heterocycles. The molecule has 0 radical (unpaired) electrons. The summed E-state index contributed by atoms with van der Waals surface area (Å²) < 4.78 is 5.28. The van der Waals surface area contributed by atoms with Crippen LogP contribution in [0.4, 0.5) is 0 Å². The van der Waals surface area contributed by atoms with Gasteiger partial charge in [-0.25, -0.2) is 0 Å². The lowest BCUT2D eigenvalue weighted by Gasteiger charge is -2.07. The highest BCUT2D eigenvalue weighted by Crippen LogP contribution is 2.17. The van der Waals surface area contributed by atoms with Gasteiger partial charge < -0.3 is 4.18 Å². The highest BCUT2D eigenvalue weighted by molar-refractivity contribution is 7.93. The third-order valence-electron chi connectivity index (χ3n) is 1.34. The number of pyridine rings is 1. The molecule has 0 fully saturated rings. The lowest BCUT2D eigenvalue weighted by molar-refractivity contribution is 0.268. The van der Waals surface area contributed by atoms with Crippen LogP contribution < -0.4 is 0 Å². The van der Waals surface area contributed by atoms with Gasteiger partial charge >= 0.3 is 0 Å². The molecular weight excluding hydrogens is 158 g/mol. The Morgan fingerprint density at radius 1 is 1.55 bits per heavy atom. The second-order valence-electron chi connectivity index (χ2n) is 2.16. The van der Waals surface area contributed by atoms with Crippen LogP contribution in [0.2, 0.25) is 0 Å². The Hall–Kier alpha value is -0.540. The summed E-state index contributed by atoms with van der Waals surface area (Å²) in [6.07, 6.45) is 3.75. The zero-order valence-electron chi connectivity index (χ0n) is 6.65. The first kappa shape index (κ1) is 8.56. The molecule has 1 heterocycles. The molecule has 0 N–H and O–H groups in total. The smallest absolute Gasteiger partial charge is 0.111 e. The normalized spacial score (nSPS) is 12.9. The first-order chi connectivity index (χ1) is 5.34. The third kappa shape index (κ3) is 2.52. The molecule has 0 aliphatic heterocycles. The van der Waals surface area contributed by atoms with Crippen molar-refractivity contribution in [3.8, 4) is 0 Å².